The lowest BCUT2D eigenvalue weighted by Gasteiger charge is -2.55. The average molecular weight is 854 g/mol. The van der Waals surface area contributed by atoms with E-state index >= 15 is 4.79 Å². The van der Waals surface area contributed by atoms with E-state index < -0.39 is 64.6 Å². The Morgan fingerprint density at radius 2 is 1.89 bits per heavy atom. The molecule has 2 aliphatic heterocycles. The number of ether oxygens (including phenoxy) is 3. The minimum absolute atomic E-state index is 0.00543. The highest BCUT2D eigenvalue weighted by Gasteiger charge is 2.67. The summed E-state index contributed by atoms with van der Waals surface area (Å²) in [5.74, 6) is -4.15. The number of carboxylic acids is 1. The molecule has 310 valence electrons. The molecule has 13 heteroatoms. The second-order valence-electron chi connectivity index (χ2n) is 17.5. The first kappa shape index (κ1) is 41.6. The van der Waals surface area contributed by atoms with Crippen molar-refractivity contribution < 1.29 is 48.7 Å². The van der Waals surface area contributed by atoms with Gasteiger partial charge in [-0.3, -0.25) is 9.59 Å². The summed E-state index contributed by atoms with van der Waals surface area (Å²) in [7, 11) is 0. The van der Waals surface area contributed by atoms with Crippen molar-refractivity contribution in [1.82, 2.24) is 10.3 Å². The molecule has 57 heavy (non-hydrogen) atoms. The summed E-state index contributed by atoms with van der Waals surface area (Å²) in [5, 5.41) is 37.2. The molecular weight excluding hydrogens is 796 g/mol. The van der Waals surface area contributed by atoms with E-state index in [9.17, 15) is 29.7 Å². The number of rotatable bonds is 7. The molecule has 2 saturated heterocycles. The van der Waals surface area contributed by atoms with Crippen LogP contribution < -0.4 is 5.32 Å². The number of Topliss-reactive ketones (excluding diaryl/α,β-unsaturated/α-hetero) is 1. The summed E-state index contributed by atoms with van der Waals surface area (Å²) < 4.78 is 20.0. The maximum absolute atomic E-state index is 15.1. The standard InChI is InChI=1S/C44H57BrN2O10/c1-6-25-21-44-38(50)33(41(54)57-44)37(49)43(7-2)26(12-10-8-9-11-18-42(44,5)22-28(25)40(52)53)14-15-27-29(43)16-13-23(3)36(27)56-32-20-31(48)34(24(4)55-32)47-39(51)35-30(45)17-19-46-35/h11,14-15,17-19,22-27,29,31-32,34,36,46,48-49H,6-10,12-13,16,20-21H2,1-5H3,(H,47,51)(H,52,53)/b18-11-,37-33?/t23-,24+,25-,26+,27-,29-,31+,32-,34+,36-,42-,43+,44+/m0/s1. The Balaban J connectivity index is 1.22. The van der Waals surface area contributed by atoms with Gasteiger partial charge in [-0.05, 0) is 104 Å². The SMILES string of the molecule is CC[C@H]1C[C@]23OC(=O)C(=C(O)[C@]4(CC)[C@@H](C=C[C@@H]5[C@@H](O[C@H]6C[C@@H](O)[C@H](NC(=O)c7[nH]ccc7Br)[C@@H](C)O6)[C@@H](C)CC[C@@H]54)CCCC/C=C\[C@@]2(C)C=C1C(=O)O)C3=O. The molecule has 0 aromatic carbocycles. The molecule has 0 unspecified atom stereocenters. The van der Waals surface area contributed by atoms with Gasteiger partial charge in [0.05, 0.1) is 29.8 Å². The van der Waals surface area contributed by atoms with Crippen molar-refractivity contribution in [2.45, 2.75) is 135 Å². The predicted molar refractivity (Wildman–Crippen MR) is 214 cm³/mol. The molecular formula is C44H57BrN2O10. The molecule has 1 spiro atoms. The first-order valence-corrected chi connectivity index (χ1v) is 21.6. The molecule has 3 heterocycles. The fraction of sp³-hybridized carbons (Fsp3) is 0.636. The van der Waals surface area contributed by atoms with Crippen LogP contribution in [0.5, 0.6) is 0 Å². The number of carboxylic acid groups (broad SMARTS) is 1. The van der Waals surface area contributed by atoms with Crippen LogP contribution in [0.15, 0.2) is 64.0 Å². The molecule has 13 atom stereocenters. The van der Waals surface area contributed by atoms with Gasteiger partial charge in [-0.25, -0.2) is 9.59 Å². The first-order chi connectivity index (χ1) is 27.1. The maximum atomic E-state index is 15.1. The number of amides is 1. The zero-order valence-corrected chi connectivity index (χ0v) is 35.0. The Morgan fingerprint density at radius 3 is 2.56 bits per heavy atom. The molecule has 2 bridgehead atoms. The lowest BCUT2D eigenvalue weighted by atomic mass is 9.50. The number of carbonyl (C=O) groups is 4. The van der Waals surface area contributed by atoms with E-state index in [2.05, 4.69) is 45.3 Å². The van der Waals surface area contributed by atoms with Crippen molar-refractivity contribution in [3.63, 3.8) is 0 Å². The molecule has 3 fully saturated rings. The second-order valence-corrected chi connectivity index (χ2v) is 18.3. The third kappa shape index (κ3) is 6.87. The lowest BCUT2D eigenvalue weighted by molar-refractivity contribution is -0.258. The van der Waals surface area contributed by atoms with Crippen molar-refractivity contribution in [3.8, 4) is 0 Å². The fourth-order valence-electron chi connectivity index (χ4n) is 11.3. The van der Waals surface area contributed by atoms with Crippen molar-refractivity contribution in [2.75, 3.05) is 0 Å². The molecule has 12 nitrogen and oxygen atoms in total. The smallest absolute Gasteiger partial charge is 0.346 e. The number of H-pyrrole nitrogens is 1. The van der Waals surface area contributed by atoms with Gasteiger partial charge in [0, 0.05) is 40.4 Å². The van der Waals surface area contributed by atoms with Crippen LogP contribution >= 0.6 is 15.9 Å². The van der Waals surface area contributed by atoms with E-state index in [1.807, 2.05) is 26.0 Å². The minimum atomic E-state index is -1.70. The Hall–Kier alpha value is -3.52. The second kappa shape index (κ2) is 15.9. The van der Waals surface area contributed by atoms with Crippen LogP contribution in [-0.2, 0) is 28.6 Å². The summed E-state index contributed by atoms with van der Waals surface area (Å²) in [6.45, 7) is 9.56. The number of carbonyl (C=O) groups excluding carboxylic acids is 3. The summed E-state index contributed by atoms with van der Waals surface area (Å²) in [5.41, 5.74) is -3.71. The third-order valence-corrected chi connectivity index (χ3v) is 15.1. The van der Waals surface area contributed by atoms with Gasteiger partial charge in [0.25, 0.3) is 5.91 Å². The van der Waals surface area contributed by atoms with E-state index in [0.717, 1.165) is 32.1 Å². The van der Waals surface area contributed by atoms with Gasteiger partial charge in [-0.15, -0.1) is 0 Å². The number of aliphatic hydroxyl groups is 2. The largest absolute Gasteiger partial charge is 0.511 e. The van der Waals surface area contributed by atoms with E-state index in [0.29, 0.717) is 29.4 Å². The zero-order valence-electron chi connectivity index (χ0n) is 33.5. The number of halogens is 1. The Morgan fingerprint density at radius 1 is 1.12 bits per heavy atom. The number of fused-ring (bicyclic) bond motifs is 4. The number of nitrogens with one attached hydrogen (secondary N) is 2. The van der Waals surface area contributed by atoms with Crippen molar-refractivity contribution in [3.05, 3.63) is 69.7 Å². The van der Waals surface area contributed by atoms with Gasteiger partial charge < -0.3 is 39.8 Å². The van der Waals surface area contributed by atoms with E-state index in [1.54, 1.807) is 32.2 Å². The molecule has 1 saturated carbocycles. The van der Waals surface area contributed by atoms with Gasteiger partial charge in [0.1, 0.15) is 17.0 Å². The monoisotopic (exact) mass is 852 g/mol. The summed E-state index contributed by atoms with van der Waals surface area (Å²) >= 11 is 3.37. The quantitative estimate of drug-likeness (QED) is 0.106. The summed E-state index contributed by atoms with van der Waals surface area (Å²) in [6.07, 6.45) is 14.4. The fourth-order valence-corrected chi connectivity index (χ4v) is 11.7. The molecule has 4 aliphatic carbocycles. The highest BCUT2D eigenvalue weighted by molar-refractivity contribution is 9.10. The van der Waals surface area contributed by atoms with Gasteiger partial charge in [-0.1, -0.05) is 57.6 Å². The number of hydrogen-bond donors (Lipinski definition) is 5. The average Bonchev–Trinajstić information content (AvgIpc) is 3.71. The van der Waals surface area contributed by atoms with Crippen molar-refractivity contribution >= 4 is 39.6 Å². The van der Waals surface area contributed by atoms with E-state index in [1.165, 1.54) is 0 Å². The number of aliphatic hydroxyl groups excluding tert-OH is 2. The third-order valence-electron chi connectivity index (χ3n) is 14.4. The van der Waals surface area contributed by atoms with Crippen molar-refractivity contribution in [1.29, 1.82) is 0 Å². The predicted octanol–water partition coefficient (Wildman–Crippen LogP) is 7.26. The molecule has 1 aromatic heterocycles. The number of hydrogen-bond acceptors (Lipinski definition) is 9. The Bertz CT molecular complexity index is 1890. The number of esters is 1. The molecule has 1 aromatic rings. The minimum Gasteiger partial charge on any atom is -0.511 e. The number of aromatic nitrogens is 1. The maximum Gasteiger partial charge on any atom is 0.346 e. The number of aliphatic carboxylic acids is 1. The van der Waals surface area contributed by atoms with Crippen LogP contribution in [0.25, 0.3) is 0 Å². The number of allylic oxidation sites excluding steroid dienone is 3. The van der Waals surface area contributed by atoms with E-state index in [4.69, 9.17) is 14.2 Å². The van der Waals surface area contributed by atoms with Gasteiger partial charge in [0.15, 0.2) is 11.9 Å². The summed E-state index contributed by atoms with van der Waals surface area (Å²) in [6, 6.07) is 1.06. The van der Waals surface area contributed by atoms with Crippen molar-refractivity contribution in [2.24, 2.45) is 40.4 Å². The number of ketones is 1. The Kier molecular flexibility index (Phi) is 11.6. The van der Waals surface area contributed by atoms with Gasteiger partial charge in [0.2, 0.25) is 5.78 Å². The molecule has 6 aliphatic rings. The highest BCUT2D eigenvalue weighted by atomic mass is 79.9. The molecule has 5 N–H and O–H groups in total. The zero-order chi connectivity index (χ0) is 41.0. The summed E-state index contributed by atoms with van der Waals surface area (Å²) in [4.78, 5) is 57.6. The normalized spacial score (nSPS) is 41.3. The van der Waals surface area contributed by atoms with Crippen LogP contribution in [-0.4, -0.2) is 80.2 Å². The topological polar surface area (TPSA) is 184 Å². The van der Waals surface area contributed by atoms with Crippen LogP contribution in [0.4, 0.5) is 0 Å². The Labute approximate surface area is 342 Å². The number of aromatic amines is 1. The highest BCUT2D eigenvalue weighted by Crippen LogP contribution is 2.61. The lowest BCUT2D eigenvalue weighted by Crippen LogP contribution is -2.58. The van der Waals surface area contributed by atoms with Gasteiger partial charge in [-0.2, -0.15) is 0 Å². The van der Waals surface area contributed by atoms with Crippen LogP contribution in [0, 0.1) is 40.4 Å². The molecule has 7 rings (SSSR count). The molecule has 0 radical (unpaired) electrons. The molecule has 1 amide bonds. The van der Waals surface area contributed by atoms with Crippen LogP contribution in [0.1, 0.15) is 109 Å². The first-order valence-electron chi connectivity index (χ1n) is 20.8. The van der Waals surface area contributed by atoms with Crippen LogP contribution in [0.2, 0.25) is 0 Å². The van der Waals surface area contributed by atoms with E-state index in [-0.39, 0.29) is 65.4 Å². The van der Waals surface area contributed by atoms with Crippen LogP contribution in [0.3, 0.4) is 0 Å². The van der Waals surface area contributed by atoms with Gasteiger partial charge >= 0.3 is 11.9 Å².